The smallest absolute Gasteiger partial charge is 0.262 e. The normalized spacial score (nSPS) is 10.6. The molecule has 0 aromatic heterocycles. The number of amides is 1. The van der Waals surface area contributed by atoms with Gasteiger partial charge in [0.15, 0.2) is 6.61 Å². The van der Waals surface area contributed by atoms with Gasteiger partial charge in [0.25, 0.3) is 5.91 Å². The summed E-state index contributed by atoms with van der Waals surface area (Å²) in [5, 5.41) is 2.77. The molecule has 0 aliphatic heterocycles. The van der Waals surface area contributed by atoms with Gasteiger partial charge in [0.2, 0.25) is 0 Å². The Morgan fingerprint density at radius 3 is 2.28 bits per heavy atom. The van der Waals surface area contributed by atoms with Crippen molar-refractivity contribution >= 4 is 23.5 Å². The number of methoxy groups -OCH3 is 2. The van der Waals surface area contributed by atoms with Gasteiger partial charge in [0, 0.05) is 6.21 Å². The van der Waals surface area contributed by atoms with Crippen LogP contribution >= 0.6 is 0 Å². The lowest BCUT2D eigenvalue weighted by atomic mass is 10.2. The van der Waals surface area contributed by atoms with E-state index in [1.54, 1.807) is 44.7 Å². The van der Waals surface area contributed by atoms with Gasteiger partial charge < -0.3 is 19.5 Å². The standard InChI is InChI=1S/C23H22N2O4/c1-27-21-9-5-3-7-19(21)24-15-17-11-13-18(14-12-17)29-16-23(26)25-20-8-4-6-10-22(20)28-2/h3-15H,16H2,1-2H3,(H,25,26). The number of hydrogen-bond acceptors (Lipinski definition) is 5. The maximum atomic E-state index is 12.1. The number of ether oxygens (including phenoxy) is 3. The summed E-state index contributed by atoms with van der Waals surface area (Å²) in [6.07, 6.45) is 1.75. The topological polar surface area (TPSA) is 69.2 Å². The summed E-state index contributed by atoms with van der Waals surface area (Å²) in [6, 6.07) is 22.1. The van der Waals surface area contributed by atoms with Crippen molar-refractivity contribution < 1.29 is 19.0 Å². The summed E-state index contributed by atoms with van der Waals surface area (Å²) in [5.41, 5.74) is 2.26. The molecule has 148 valence electrons. The third-order valence-electron chi connectivity index (χ3n) is 4.07. The van der Waals surface area contributed by atoms with Gasteiger partial charge >= 0.3 is 0 Å². The number of aliphatic imine (C=N–C) groups is 1. The predicted molar refractivity (Wildman–Crippen MR) is 114 cm³/mol. The highest BCUT2D eigenvalue weighted by atomic mass is 16.5. The monoisotopic (exact) mass is 390 g/mol. The molecule has 6 nitrogen and oxygen atoms in total. The summed E-state index contributed by atoms with van der Waals surface area (Å²) in [4.78, 5) is 16.6. The van der Waals surface area contributed by atoms with Crippen LogP contribution in [0, 0.1) is 0 Å². The molecule has 0 heterocycles. The quantitative estimate of drug-likeness (QED) is 0.576. The second-order valence-electron chi connectivity index (χ2n) is 6.04. The van der Waals surface area contributed by atoms with E-state index in [4.69, 9.17) is 14.2 Å². The van der Waals surface area contributed by atoms with Crippen molar-refractivity contribution in [2.75, 3.05) is 26.1 Å². The van der Waals surface area contributed by atoms with Crippen LogP contribution in [-0.2, 0) is 4.79 Å². The van der Waals surface area contributed by atoms with Crippen molar-refractivity contribution in [1.82, 2.24) is 0 Å². The maximum absolute atomic E-state index is 12.1. The molecule has 6 heteroatoms. The van der Waals surface area contributed by atoms with E-state index in [1.165, 1.54) is 0 Å². The molecule has 0 atom stereocenters. The van der Waals surface area contributed by atoms with Gasteiger partial charge in [-0.2, -0.15) is 0 Å². The van der Waals surface area contributed by atoms with Gasteiger partial charge in [0.05, 0.1) is 19.9 Å². The Morgan fingerprint density at radius 1 is 0.897 bits per heavy atom. The van der Waals surface area contributed by atoms with E-state index >= 15 is 0 Å². The lowest BCUT2D eigenvalue weighted by molar-refractivity contribution is -0.118. The van der Waals surface area contributed by atoms with Crippen molar-refractivity contribution in [3.63, 3.8) is 0 Å². The molecule has 0 aliphatic rings. The molecule has 3 rings (SSSR count). The lowest BCUT2D eigenvalue weighted by Crippen LogP contribution is -2.20. The van der Waals surface area contributed by atoms with Crippen molar-refractivity contribution in [2.45, 2.75) is 0 Å². The number of anilines is 1. The number of carbonyl (C=O) groups is 1. The van der Waals surface area contributed by atoms with E-state index in [9.17, 15) is 4.79 Å². The average Bonchev–Trinajstić information content (AvgIpc) is 2.77. The van der Waals surface area contributed by atoms with E-state index < -0.39 is 0 Å². The molecule has 0 spiro atoms. The molecule has 0 unspecified atom stereocenters. The Bertz CT molecular complexity index is 984. The van der Waals surface area contributed by atoms with Gasteiger partial charge in [-0.05, 0) is 54.1 Å². The van der Waals surface area contributed by atoms with Gasteiger partial charge in [0.1, 0.15) is 22.9 Å². The molecule has 1 N–H and O–H groups in total. The number of nitrogens with zero attached hydrogens (tertiary/aromatic N) is 1. The molecule has 0 aliphatic carbocycles. The number of hydrogen-bond donors (Lipinski definition) is 1. The number of carbonyl (C=O) groups excluding carboxylic acids is 1. The first-order chi connectivity index (χ1) is 14.2. The van der Waals surface area contributed by atoms with Crippen LogP contribution in [0.25, 0.3) is 0 Å². The molecule has 1 amide bonds. The molecule has 0 radical (unpaired) electrons. The van der Waals surface area contributed by atoms with Gasteiger partial charge in [-0.1, -0.05) is 24.3 Å². The van der Waals surface area contributed by atoms with Crippen molar-refractivity contribution in [3.05, 3.63) is 78.4 Å². The fourth-order valence-corrected chi connectivity index (χ4v) is 2.61. The Hall–Kier alpha value is -3.80. The van der Waals surface area contributed by atoms with Crippen LogP contribution in [0.1, 0.15) is 5.56 Å². The first kappa shape index (κ1) is 19.9. The third kappa shape index (κ3) is 5.59. The van der Waals surface area contributed by atoms with E-state index in [-0.39, 0.29) is 12.5 Å². The Morgan fingerprint density at radius 2 is 1.55 bits per heavy atom. The SMILES string of the molecule is COc1ccccc1N=Cc1ccc(OCC(=O)Nc2ccccc2OC)cc1. The minimum atomic E-state index is -0.267. The van der Waals surface area contributed by atoms with Crippen LogP contribution in [0.15, 0.2) is 77.8 Å². The van der Waals surface area contributed by atoms with Crippen LogP contribution in [0.3, 0.4) is 0 Å². The zero-order chi connectivity index (χ0) is 20.5. The van der Waals surface area contributed by atoms with E-state index in [1.807, 2.05) is 48.5 Å². The van der Waals surface area contributed by atoms with E-state index in [2.05, 4.69) is 10.3 Å². The Labute approximate surface area is 169 Å². The fraction of sp³-hybridized carbons (Fsp3) is 0.130. The van der Waals surface area contributed by atoms with E-state index in [0.717, 1.165) is 11.3 Å². The summed E-state index contributed by atoms with van der Waals surface area (Å²) >= 11 is 0. The predicted octanol–water partition coefficient (Wildman–Crippen LogP) is 4.47. The first-order valence-electron chi connectivity index (χ1n) is 9.02. The summed E-state index contributed by atoms with van der Waals surface area (Å²) in [6.45, 7) is -0.104. The second-order valence-corrected chi connectivity index (χ2v) is 6.04. The highest BCUT2D eigenvalue weighted by Gasteiger charge is 2.07. The number of nitrogens with one attached hydrogen (secondary N) is 1. The van der Waals surface area contributed by atoms with E-state index in [0.29, 0.717) is 22.9 Å². The van der Waals surface area contributed by atoms with Crippen LogP contribution in [0.5, 0.6) is 17.2 Å². The summed E-state index contributed by atoms with van der Waals surface area (Å²) in [7, 11) is 3.17. The summed E-state index contributed by atoms with van der Waals surface area (Å²) in [5.74, 6) is 1.63. The number of rotatable bonds is 8. The highest BCUT2D eigenvalue weighted by Crippen LogP contribution is 2.26. The van der Waals surface area contributed by atoms with Crippen molar-refractivity contribution in [2.24, 2.45) is 4.99 Å². The molecule has 0 fully saturated rings. The largest absolute Gasteiger partial charge is 0.495 e. The molecule has 3 aromatic rings. The number of para-hydroxylation sites is 4. The third-order valence-corrected chi connectivity index (χ3v) is 4.07. The second kappa shape index (κ2) is 9.94. The molecule has 0 bridgehead atoms. The van der Waals surface area contributed by atoms with Crippen molar-refractivity contribution in [1.29, 1.82) is 0 Å². The first-order valence-corrected chi connectivity index (χ1v) is 9.02. The molecule has 0 saturated carbocycles. The van der Waals surface area contributed by atoms with Crippen molar-refractivity contribution in [3.8, 4) is 17.2 Å². The van der Waals surface area contributed by atoms with Gasteiger partial charge in [-0.25, -0.2) is 0 Å². The Kier molecular flexibility index (Phi) is 6.84. The van der Waals surface area contributed by atoms with Gasteiger partial charge in [-0.3, -0.25) is 9.79 Å². The lowest BCUT2D eigenvalue weighted by Gasteiger charge is -2.10. The molecular weight excluding hydrogens is 368 g/mol. The van der Waals surface area contributed by atoms with Gasteiger partial charge in [-0.15, -0.1) is 0 Å². The fourth-order valence-electron chi connectivity index (χ4n) is 2.61. The molecule has 29 heavy (non-hydrogen) atoms. The summed E-state index contributed by atoms with van der Waals surface area (Å²) < 4.78 is 16.1. The van der Waals surface area contributed by atoms with Crippen LogP contribution in [0.4, 0.5) is 11.4 Å². The number of benzene rings is 3. The maximum Gasteiger partial charge on any atom is 0.262 e. The molecular formula is C23H22N2O4. The average molecular weight is 390 g/mol. The minimum absolute atomic E-state index is 0.104. The zero-order valence-corrected chi connectivity index (χ0v) is 16.3. The molecule has 3 aromatic carbocycles. The Balaban J connectivity index is 1.55. The van der Waals surface area contributed by atoms with Crippen LogP contribution in [0.2, 0.25) is 0 Å². The zero-order valence-electron chi connectivity index (χ0n) is 16.3. The van der Waals surface area contributed by atoms with Crippen LogP contribution in [-0.4, -0.2) is 32.9 Å². The molecule has 0 saturated heterocycles. The minimum Gasteiger partial charge on any atom is -0.495 e. The highest BCUT2D eigenvalue weighted by molar-refractivity contribution is 5.93. The van der Waals surface area contributed by atoms with Crippen LogP contribution < -0.4 is 19.5 Å².